The summed E-state index contributed by atoms with van der Waals surface area (Å²) in [6, 6.07) is 7.59. The van der Waals surface area contributed by atoms with Crippen LogP contribution in [0.5, 0.6) is 0 Å². The molecule has 0 aliphatic rings. The highest BCUT2D eigenvalue weighted by atomic mass is 16.4. The number of nitrogens with one attached hydrogen (secondary N) is 1. The molecule has 7 nitrogen and oxygen atoms in total. The van der Waals surface area contributed by atoms with Crippen LogP contribution < -0.4 is 16.0 Å². The maximum atomic E-state index is 12.1. The molecule has 0 heterocycles. The van der Waals surface area contributed by atoms with Crippen LogP contribution in [0.3, 0.4) is 0 Å². The van der Waals surface area contributed by atoms with Gasteiger partial charge in [-0.1, -0.05) is 18.2 Å². The Kier molecular flexibility index (Phi) is 4.68. The van der Waals surface area contributed by atoms with Gasteiger partial charge in [0, 0.05) is 5.69 Å². The number of hydrogen-bond acceptors (Lipinski definition) is 3. The molecule has 0 atom stereocenters. The fourth-order valence-electron chi connectivity index (χ4n) is 1.42. The average molecular weight is 279 g/mol. The van der Waals surface area contributed by atoms with E-state index in [0.29, 0.717) is 5.69 Å². The summed E-state index contributed by atoms with van der Waals surface area (Å²) in [5, 5.41) is 11.3. The Balaban J connectivity index is 2.98. The smallest absolute Gasteiger partial charge is 0.323 e. The van der Waals surface area contributed by atoms with Crippen LogP contribution >= 0.6 is 0 Å². The largest absolute Gasteiger partial charge is 0.480 e. The Morgan fingerprint density at radius 1 is 1.25 bits per heavy atom. The number of carbonyl (C=O) groups is 3. The monoisotopic (exact) mass is 279 g/mol. The van der Waals surface area contributed by atoms with Crippen molar-refractivity contribution >= 4 is 23.6 Å². The maximum Gasteiger partial charge on any atom is 0.323 e. The zero-order chi connectivity index (χ0) is 15.3. The molecule has 1 aromatic rings. The number of carboxylic acid groups (broad SMARTS) is 1. The molecule has 108 valence electrons. The number of primary amides is 1. The van der Waals surface area contributed by atoms with Gasteiger partial charge < -0.3 is 16.2 Å². The quantitative estimate of drug-likeness (QED) is 0.730. The number of benzene rings is 1. The number of para-hydroxylation sites is 1. The molecule has 0 aromatic heterocycles. The van der Waals surface area contributed by atoms with E-state index in [9.17, 15) is 14.4 Å². The van der Waals surface area contributed by atoms with Crippen molar-refractivity contribution in [3.63, 3.8) is 0 Å². The van der Waals surface area contributed by atoms with Gasteiger partial charge in [0.05, 0.1) is 0 Å². The van der Waals surface area contributed by atoms with Crippen LogP contribution in [0.25, 0.3) is 0 Å². The van der Waals surface area contributed by atoms with E-state index in [0.717, 1.165) is 4.90 Å². The Hall–Kier alpha value is -2.57. The number of urea groups is 1. The molecule has 0 aliphatic heterocycles. The van der Waals surface area contributed by atoms with Crippen LogP contribution in [0.1, 0.15) is 13.8 Å². The molecule has 0 spiro atoms. The topological polar surface area (TPSA) is 113 Å². The first-order chi connectivity index (χ1) is 9.24. The van der Waals surface area contributed by atoms with E-state index >= 15 is 0 Å². The predicted molar refractivity (Wildman–Crippen MR) is 73.2 cm³/mol. The Labute approximate surface area is 116 Å². The normalized spacial score (nSPS) is 10.7. The maximum absolute atomic E-state index is 12.1. The molecule has 0 unspecified atom stereocenters. The lowest BCUT2D eigenvalue weighted by molar-refractivity contribution is -0.135. The summed E-state index contributed by atoms with van der Waals surface area (Å²) in [5.74, 6) is -1.88. The molecule has 0 saturated carbocycles. The summed E-state index contributed by atoms with van der Waals surface area (Å²) in [6.07, 6.45) is 0. The minimum atomic E-state index is -1.28. The van der Waals surface area contributed by atoms with Crippen LogP contribution in [-0.2, 0) is 9.59 Å². The minimum Gasteiger partial charge on any atom is -0.480 e. The third-order valence-electron chi connectivity index (χ3n) is 2.64. The van der Waals surface area contributed by atoms with E-state index in [4.69, 9.17) is 10.8 Å². The number of carboxylic acids is 1. The standard InChI is InChI=1S/C13H17N3O4/c1-13(2,11(14)19)15-12(20)16(8-10(17)18)9-6-4-3-5-7-9/h3-7H,8H2,1-2H3,(H2,14,19)(H,15,20)(H,17,18). The van der Waals surface area contributed by atoms with Gasteiger partial charge in [0.15, 0.2) is 0 Å². The minimum absolute atomic E-state index is 0.410. The van der Waals surface area contributed by atoms with Crippen molar-refractivity contribution in [1.82, 2.24) is 5.32 Å². The van der Waals surface area contributed by atoms with Crippen LogP contribution in [0.2, 0.25) is 0 Å². The number of hydrogen-bond donors (Lipinski definition) is 3. The van der Waals surface area contributed by atoms with Crippen LogP contribution in [0.4, 0.5) is 10.5 Å². The lowest BCUT2D eigenvalue weighted by Gasteiger charge is -2.28. The molecule has 1 rings (SSSR count). The first-order valence-corrected chi connectivity index (χ1v) is 5.90. The van der Waals surface area contributed by atoms with E-state index in [1.165, 1.54) is 13.8 Å². The van der Waals surface area contributed by atoms with Gasteiger partial charge in [-0.3, -0.25) is 14.5 Å². The van der Waals surface area contributed by atoms with Gasteiger partial charge in [-0.05, 0) is 26.0 Å². The van der Waals surface area contributed by atoms with Gasteiger partial charge >= 0.3 is 12.0 Å². The van der Waals surface area contributed by atoms with Gasteiger partial charge in [0.25, 0.3) is 0 Å². The number of carbonyl (C=O) groups excluding carboxylic acids is 2. The second-order valence-electron chi connectivity index (χ2n) is 4.73. The summed E-state index contributed by atoms with van der Waals surface area (Å²) in [4.78, 5) is 35.2. The van der Waals surface area contributed by atoms with Gasteiger partial charge in [0.1, 0.15) is 12.1 Å². The lowest BCUT2D eigenvalue weighted by Crippen LogP contribution is -2.57. The van der Waals surface area contributed by atoms with Crippen molar-refractivity contribution in [3.8, 4) is 0 Å². The van der Waals surface area contributed by atoms with Crippen LogP contribution in [-0.4, -0.2) is 35.1 Å². The molecule has 1 aromatic carbocycles. The fraction of sp³-hybridized carbons (Fsp3) is 0.308. The van der Waals surface area contributed by atoms with Crippen molar-refractivity contribution in [2.75, 3.05) is 11.4 Å². The van der Waals surface area contributed by atoms with Gasteiger partial charge in [-0.15, -0.1) is 0 Å². The van der Waals surface area contributed by atoms with Gasteiger partial charge in [-0.2, -0.15) is 0 Å². The SMILES string of the molecule is CC(C)(NC(=O)N(CC(=O)O)c1ccccc1)C(N)=O. The molecule has 20 heavy (non-hydrogen) atoms. The summed E-state index contributed by atoms with van der Waals surface area (Å²) < 4.78 is 0. The first-order valence-electron chi connectivity index (χ1n) is 5.90. The fourth-order valence-corrected chi connectivity index (χ4v) is 1.42. The lowest BCUT2D eigenvalue weighted by atomic mass is 10.1. The van der Waals surface area contributed by atoms with Crippen LogP contribution in [0, 0.1) is 0 Å². The van der Waals surface area contributed by atoms with E-state index in [2.05, 4.69) is 5.32 Å². The zero-order valence-corrected chi connectivity index (χ0v) is 11.3. The second kappa shape index (κ2) is 6.05. The van der Waals surface area contributed by atoms with Gasteiger partial charge in [0.2, 0.25) is 5.91 Å². The highest BCUT2D eigenvalue weighted by Gasteiger charge is 2.30. The predicted octanol–water partition coefficient (Wildman–Crippen LogP) is 0.551. The van der Waals surface area contributed by atoms with E-state index in [-0.39, 0.29) is 0 Å². The van der Waals surface area contributed by atoms with Crippen molar-refractivity contribution in [2.45, 2.75) is 19.4 Å². The van der Waals surface area contributed by atoms with E-state index in [1.54, 1.807) is 30.3 Å². The molecule has 4 N–H and O–H groups in total. The summed E-state index contributed by atoms with van der Waals surface area (Å²) in [5.41, 5.74) is 4.30. The summed E-state index contributed by atoms with van der Waals surface area (Å²) in [7, 11) is 0. The molecule has 0 fully saturated rings. The highest BCUT2D eigenvalue weighted by molar-refractivity contribution is 5.99. The Morgan fingerprint density at radius 3 is 2.25 bits per heavy atom. The molecule has 0 aliphatic carbocycles. The van der Waals surface area contributed by atoms with E-state index < -0.39 is 30.0 Å². The highest BCUT2D eigenvalue weighted by Crippen LogP contribution is 2.14. The number of amides is 3. The molecule has 7 heteroatoms. The molecule has 0 saturated heterocycles. The number of nitrogens with zero attached hydrogens (tertiary/aromatic N) is 1. The number of rotatable bonds is 5. The second-order valence-corrected chi connectivity index (χ2v) is 4.73. The third kappa shape index (κ3) is 3.98. The van der Waals surface area contributed by atoms with Gasteiger partial charge in [-0.25, -0.2) is 4.79 Å². The molecule has 3 amide bonds. The molecule has 0 bridgehead atoms. The first kappa shape index (κ1) is 15.5. The Morgan fingerprint density at radius 2 is 1.80 bits per heavy atom. The summed E-state index contributed by atoms with van der Waals surface area (Å²) >= 11 is 0. The van der Waals surface area contributed by atoms with E-state index in [1.807, 2.05) is 0 Å². The average Bonchev–Trinajstić information content (AvgIpc) is 2.36. The molecular weight excluding hydrogens is 262 g/mol. The van der Waals surface area contributed by atoms with Crippen molar-refractivity contribution in [3.05, 3.63) is 30.3 Å². The van der Waals surface area contributed by atoms with Crippen LogP contribution in [0.15, 0.2) is 30.3 Å². The summed E-state index contributed by atoms with van der Waals surface area (Å²) in [6.45, 7) is 2.36. The molecule has 0 radical (unpaired) electrons. The number of nitrogens with two attached hydrogens (primary N) is 1. The number of anilines is 1. The third-order valence-corrected chi connectivity index (χ3v) is 2.64. The Bertz CT molecular complexity index is 514. The van der Waals surface area contributed by atoms with Crippen molar-refractivity contribution in [2.24, 2.45) is 5.73 Å². The molecular formula is C13H17N3O4. The zero-order valence-electron chi connectivity index (χ0n) is 11.3. The van der Waals surface area contributed by atoms with Crippen molar-refractivity contribution < 1.29 is 19.5 Å². The number of aliphatic carboxylic acids is 1. The van der Waals surface area contributed by atoms with Crippen molar-refractivity contribution in [1.29, 1.82) is 0 Å².